The van der Waals surface area contributed by atoms with Crippen LogP contribution in [0, 0.1) is 23.0 Å². The lowest BCUT2D eigenvalue weighted by Gasteiger charge is -2.12. The summed E-state index contributed by atoms with van der Waals surface area (Å²) in [5.41, 5.74) is -2.02. The number of carbonyl (C=O) groups excluding carboxylic acids is 1. The first-order valence-corrected chi connectivity index (χ1v) is 10.0. The summed E-state index contributed by atoms with van der Waals surface area (Å²) in [4.78, 5) is 19.3. The molecule has 3 rings (SSSR count). The third-order valence-corrected chi connectivity index (χ3v) is 5.42. The number of anilines is 1. The molecule has 0 spiro atoms. The van der Waals surface area contributed by atoms with Crippen LogP contribution in [0.3, 0.4) is 0 Å². The Morgan fingerprint density at radius 2 is 1.97 bits per heavy atom. The van der Waals surface area contributed by atoms with Gasteiger partial charge in [0.2, 0.25) is 15.8 Å². The average Bonchev–Trinajstić information content (AvgIpc) is 3.11. The summed E-state index contributed by atoms with van der Waals surface area (Å²) in [7, 11) is -4.64. The Morgan fingerprint density at radius 3 is 2.61 bits per heavy atom. The number of hydrogen-bond acceptors (Lipinski definition) is 5. The molecule has 3 aromatic rings. The Kier molecular flexibility index (Phi) is 5.68. The van der Waals surface area contributed by atoms with Gasteiger partial charge in [-0.05, 0) is 18.2 Å². The number of nitriles is 1. The Bertz CT molecular complexity index is 1330. The second kappa shape index (κ2) is 7.95. The van der Waals surface area contributed by atoms with E-state index in [1.807, 2.05) is 0 Å². The molecule has 0 radical (unpaired) electrons. The molecule has 0 aliphatic carbocycles. The second-order valence-electron chi connectivity index (χ2n) is 6.33. The highest BCUT2D eigenvalue weighted by Gasteiger charge is 2.31. The number of halogens is 5. The predicted octanol–water partition coefficient (Wildman–Crippen LogP) is 3.64. The fourth-order valence-electron chi connectivity index (χ4n) is 2.70. The minimum absolute atomic E-state index is 0.0771. The average molecular weight is 458 g/mol. The number of nitrogens with one attached hydrogen (secondary N) is 2. The van der Waals surface area contributed by atoms with Crippen molar-refractivity contribution < 1.29 is 35.2 Å². The van der Waals surface area contributed by atoms with Crippen molar-refractivity contribution in [2.24, 2.45) is 0 Å². The van der Waals surface area contributed by atoms with Crippen molar-refractivity contribution in [3.63, 3.8) is 0 Å². The van der Waals surface area contributed by atoms with Gasteiger partial charge in [0.15, 0.2) is 5.82 Å². The number of carbonyl (C=O) groups is 1. The van der Waals surface area contributed by atoms with E-state index >= 15 is 0 Å². The summed E-state index contributed by atoms with van der Waals surface area (Å²) in [6, 6.07) is 4.32. The van der Waals surface area contributed by atoms with Crippen LogP contribution in [0.4, 0.5) is 27.6 Å². The lowest BCUT2D eigenvalue weighted by Crippen LogP contribution is -2.23. The van der Waals surface area contributed by atoms with Crippen LogP contribution in [-0.4, -0.2) is 36.1 Å². The maximum absolute atomic E-state index is 14.8. The van der Waals surface area contributed by atoms with Crippen LogP contribution in [-0.2, 0) is 10.0 Å². The molecule has 31 heavy (non-hydrogen) atoms. The molecule has 0 amide bonds. The number of nitrogens with zero attached hydrogens (tertiary/aromatic N) is 2. The molecule has 0 saturated heterocycles. The number of fused-ring (bicyclic) bond motifs is 1. The summed E-state index contributed by atoms with van der Waals surface area (Å²) < 4.78 is 91.2. The highest BCUT2D eigenvalue weighted by Crippen LogP contribution is 2.28. The Hall–Kier alpha value is -3.53. The lowest BCUT2D eigenvalue weighted by atomic mass is 10.0. The fraction of sp³-hybridized carbons (Fsp3) is 0.167. The van der Waals surface area contributed by atoms with Crippen LogP contribution in [0.25, 0.3) is 11.0 Å². The first-order valence-electron chi connectivity index (χ1n) is 8.39. The van der Waals surface area contributed by atoms with Crippen molar-refractivity contribution in [2.75, 3.05) is 10.5 Å². The van der Waals surface area contributed by atoms with Gasteiger partial charge in [0.1, 0.15) is 17.5 Å². The number of aromatic amines is 1. The van der Waals surface area contributed by atoms with E-state index in [1.165, 1.54) is 12.3 Å². The van der Waals surface area contributed by atoms with Crippen LogP contribution >= 0.6 is 0 Å². The third kappa shape index (κ3) is 4.80. The number of pyridine rings is 1. The number of alkyl halides is 3. The van der Waals surface area contributed by atoms with Gasteiger partial charge >= 0.3 is 6.18 Å². The molecule has 0 aliphatic rings. The van der Waals surface area contributed by atoms with Crippen LogP contribution in [0.5, 0.6) is 0 Å². The third-order valence-electron chi connectivity index (χ3n) is 4.14. The van der Waals surface area contributed by atoms with Gasteiger partial charge in [0.05, 0.1) is 29.0 Å². The minimum Gasteiger partial charge on any atom is -0.345 e. The van der Waals surface area contributed by atoms with Crippen LogP contribution in [0.2, 0.25) is 0 Å². The predicted molar refractivity (Wildman–Crippen MR) is 98.7 cm³/mol. The topological polar surface area (TPSA) is 116 Å². The largest absolute Gasteiger partial charge is 0.390 e. The highest BCUT2D eigenvalue weighted by atomic mass is 32.2. The molecule has 0 bridgehead atoms. The monoisotopic (exact) mass is 458 g/mol. The molecule has 0 fully saturated rings. The van der Waals surface area contributed by atoms with Gasteiger partial charge in [-0.15, -0.1) is 0 Å². The lowest BCUT2D eigenvalue weighted by molar-refractivity contribution is -0.129. The molecule has 2 heterocycles. The van der Waals surface area contributed by atoms with Crippen molar-refractivity contribution in [2.45, 2.75) is 12.6 Å². The summed E-state index contributed by atoms with van der Waals surface area (Å²) in [5, 5.41) is 9.06. The van der Waals surface area contributed by atoms with Crippen LogP contribution in [0.15, 0.2) is 30.6 Å². The molecule has 2 aromatic heterocycles. The SMILES string of the molecule is N#Cc1cnc2[nH]cc(C(=O)c3c(F)ccc(NS(=O)(=O)CCC(F)(F)F)c3F)c2c1. The molecule has 2 N–H and O–H groups in total. The Balaban J connectivity index is 2.00. The molecule has 162 valence electrons. The van der Waals surface area contributed by atoms with Gasteiger partial charge in [-0.1, -0.05) is 0 Å². The number of H-pyrrole nitrogens is 1. The van der Waals surface area contributed by atoms with Gasteiger partial charge in [-0.3, -0.25) is 9.52 Å². The van der Waals surface area contributed by atoms with Crippen LogP contribution in [0.1, 0.15) is 27.9 Å². The molecule has 13 heteroatoms. The van der Waals surface area contributed by atoms with Gasteiger partial charge < -0.3 is 4.98 Å². The van der Waals surface area contributed by atoms with Crippen molar-refractivity contribution in [3.8, 4) is 6.07 Å². The molecule has 0 unspecified atom stereocenters. The van der Waals surface area contributed by atoms with Crippen LogP contribution < -0.4 is 4.72 Å². The maximum Gasteiger partial charge on any atom is 0.390 e. The van der Waals surface area contributed by atoms with Crippen molar-refractivity contribution in [1.82, 2.24) is 9.97 Å². The quantitative estimate of drug-likeness (QED) is 0.432. The number of hydrogen-bond donors (Lipinski definition) is 2. The molecular formula is C18H11F5N4O3S. The van der Waals surface area contributed by atoms with E-state index in [1.54, 1.807) is 10.8 Å². The van der Waals surface area contributed by atoms with Crippen molar-refractivity contribution in [1.29, 1.82) is 5.26 Å². The Labute approximate surface area is 171 Å². The molecular weight excluding hydrogens is 447 g/mol. The van der Waals surface area contributed by atoms with Gasteiger partial charge in [0.25, 0.3) is 0 Å². The maximum atomic E-state index is 14.8. The molecule has 0 saturated carbocycles. The van der Waals surface area contributed by atoms with E-state index in [0.29, 0.717) is 12.1 Å². The fourth-order valence-corrected chi connectivity index (χ4v) is 3.79. The smallest absolute Gasteiger partial charge is 0.345 e. The van der Waals surface area contributed by atoms with E-state index in [4.69, 9.17) is 5.26 Å². The second-order valence-corrected chi connectivity index (χ2v) is 8.18. The number of rotatable bonds is 6. The highest BCUT2D eigenvalue weighted by molar-refractivity contribution is 7.92. The Morgan fingerprint density at radius 1 is 1.26 bits per heavy atom. The summed E-state index contributed by atoms with van der Waals surface area (Å²) in [5.74, 6) is -5.49. The van der Waals surface area contributed by atoms with Crippen molar-refractivity contribution >= 4 is 32.5 Å². The van der Waals surface area contributed by atoms with E-state index in [9.17, 15) is 35.2 Å². The molecule has 7 nitrogen and oxygen atoms in total. The molecule has 1 aromatic carbocycles. The van der Waals surface area contributed by atoms with E-state index in [0.717, 1.165) is 6.20 Å². The van der Waals surface area contributed by atoms with E-state index in [-0.39, 0.29) is 22.2 Å². The zero-order valence-electron chi connectivity index (χ0n) is 15.2. The number of ketones is 1. The van der Waals surface area contributed by atoms with E-state index < -0.39 is 57.0 Å². The van der Waals surface area contributed by atoms with E-state index in [2.05, 4.69) is 9.97 Å². The normalized spacial score (nSPS) is 12.0. The molecule has 0 aliphatic heterocycles. The van der Waals surface area contributed by atoms with Gasteiger partial charge in [-0.25, -0.2) is 22.2 Å². The van der Waals surface area contributed by atoms with Gasteiger partial charge in [-0.2, -0.15) is 18.4 Å². The summed E-state index contributed by atoms with van der Waals surface area (Å²) in [6.45, 7) is 0. The number of aromatic nitrogens is 2. The van der Waals surface area contributed by atoms with Gasteiger partial charge in [0, 0.05) is 23.3 Å². The zero-order valence-corrected chi connectivity index (χ0v) is 16.0. The standard InChI is InChI=1S/C18H11F5N4O3S/c19-12-1-2-13(27-31(29,30)4-3-18(21,22)23)15(20)14(12)16(28)11-8-26-17-10(11)5-9(6-24)7-25-17/h1-2,5,7-8,27H,3-4H2,(H,25,26). The summed E-state index contributed by atoms with van der Waals surface area (Å²) >= 11 is 0. The minimum atomic E-state index is -4.76. The summed E-state index contributed by atoms with van der Waals surface area (Å²) in [6.07, 6.45) is -4.12. The first-order chi connectivity index (χ1) is 14.4. The number of benzene rings is 1. The van der Waals surface area contributed by atoms with Crippen molar-refractivity contribution in [3.05, 3.63) is 58.9 Å². The number of sulfonamides is 1. The first kappa shape index (κ1) is 22.2. The zero-order chi connectivity index (χ0) is 23.0. The molecule has 0 atom stereocenters.